The number of hydrogen-bond donors (Lipinski definition) is 2. The predicted molar refractivity (Wildman–Crippen MR) is 64.5 cm³/mol. The van der Waals surface area contributed by atoms with E-state index in [2.05, 4.69) is 4.99 Å². The van der Waals surface area contributed by atoms with Crippen LogP contribution in [0.4, 0.5) is 4.39 Å². The fourth-order valence-electron chi connectivity index (χ4n) is 1.82. The summed E-state index contributed by atoms with van der Waals surface area (Å²) >= 11 is 0. The van der Waals surface area contributed by atoms with Crippen molar-refractivity contribution in [2.75, 3.05) is 13.7 Å². The molecule has 0 aromatic heterocycles. The summed E-state index contributed by atoms with van der Waals surface area (Å²) in [5.41, 5.74) is 10.6. The van der Waals surface area contributed by atoms with E-state index >= 15 is 0 Å². The van der Waals surface area contributed by atoms with E-state index in [0.29, 0.717) is 12.8 Å². The second-order valence-corrected chi connectivity index (χ2v) is 4.00. The number of aliphatic imine (C=N–C) groups is 1. The first-order valence-electron chi connectivity index (χ1n) is 5.55. The van der Waals surface area contributed by atoms with Crippen LogP contribution in [0.3, 0.4) is 0 Å². The molecule has 1 fully saturated rings. The van der Waals surface area contributed by atoms with Gasteiger partial charge in [0, 0.05) is 13.1 Å². The predicted octanol–water partition coefficient (Wildman–Crippen LogP) is -0.0216. The highest BCUT2D eigenvalue weighted by molar-refractivity contribution is 6.01. The molecule has 1 rings (SSSR count). The lowest BCUT2D eigenvalue weighted by atomic mass is 10.0. The van der Waals surface area contributed by atoms with Crippen molar-refractivity contribution in [3.8, 4) is 0 Å². The molecule has 0 aromatic carbocycles. The number of nitro groups is 1. The largest absolute Gasteiger partial charge is 0.399 e. The van der Waals surface area contributed by atoms with Crippen LogP contribution in [0.25, 0.3) is 0 Å². The van der Waals surface area contributed by atoms with E-state index in [0.717, 1.165) is 6.20 Å². The zero-order valence-electron chi connectivity index (χ0n) is 10.1. The Morgan fingerprint density at radius 1 is 1.61 bits per heavy atom. The lowest BCUT2D eigenvalue weighted by Crippen LogP contribution is -2.32. The minimum atomic E-state index is -1.27. The Balaban J connectivity index is 2.87. The first kappa shape index (κ1) is 14.5. The fourth-order valence-corrected chi connectivity index (χ4v) is 1.82. The van der Waals surface area contributed by atoms with Crippen molar-refractivity contribution in [2.24, 2.45) is 16.5 Å². The number of ether oxygens (including phenoxy) is 1. The monoisotopic (exact) mass is 260 g/mol. The van der Waals surface area contributed by atoms with Gasteiger partial charge in [-0.05, 0) is 12.8 Å². The van der Waals surface area contributed by atoms with Gasteiger partial charge in [0.25, 0.3) is 0 Å². The quantitative estimate of drug-likeness (QED) is 0.420. The SMILES string of the molecule is CN=C(/C(=C\N)[N+](=O)[O-])C1CC[C@@H](N)[C@H](F)CO1. The van der Waals surface area contributed by atoms with Gasteiger partial charge in [0.15, 0.2) is 0 Å². The van der Waals surface area contributed by atoms with E-state index in [1.807, 2.05) is 0 Å². The second kappa shape index (κ2) is 6.41. The van der Waals surface area contributed by atoms with Crippen molar-refractivity contribution < 1.29 is 14.1 Å². The third kappa shape index (κ3) is 3.23. The smallest absolute Gasteiger partial charge is 0.308 e. The molecule has 0 spiro atoms. The molecule has 1 unspecified atom stereocenters. The van der Waals surface area contributed by atoms with Crippen molar-refractivity contribution in [1.29, 1.82) is 0 Å². The first-order valence-corrected chi connectivity index (χ1v) is 5.55. The fraction of sp³-hybridized carbons (Fsp3) is 0.700. The van der Waals surface area contributed by atoms with Gasteiger partial charge in [0.05, 0.1) is 17.7 Å². The minimum absolute atomic E-state index is 0.115. The normalized spacial score (nSPS) is 30.9. The van der Waals surface area contributed by atoms with Gasteiger partial charge in [-0.3, -0.25) is 15.1 Å². The van der Waals surface area contributed by atoms with Gasteiger partial charge in [-0.15, -0.1) is 0 Å². The highest BCUT2D eigenvalue weighted by Gasteiger charge is 2.32. The highest BCUT2D eigenvalue weighted by Crippen LogP contribution is 2.19. The molecule has 0 aromatic rings. The molecule has 0 aliphatic carbocycles. The topological polar surface area (TPSA) is 117 Å². The number of alkyl halides is 1. The molecule has 102 valence electrons. The maximum absolute atomic E-state index is 13.4. The van der Waals surface area contributed by atoms with E-state index in [1.54, 1.807) is 0 Å². The van der Waals surface area contributed by atoms with Gasteiger partial charge < -0.3 is 16.2 Å². The number of nitrogens with two attached hydrogens (primary N) is 2. The van der Waals surface area contributed by atoms with E-state index in [-0.39, 0.29) is 18.0 Å². The van der Waals surface area contributed by atoms with Gasteiger partial charge in [-0.1, -0.05) is 0 Å². The molecule has 1 heterocycles. The summed E-state index contributed by atoms with van der Waals surface area (Å²) in [6, 6.07) is -0.617. The van der Waals surface area contributed by atoms with Crippen molar-refractivity contribution >= 4 is 5.71 Å². The van der Waals surface area contributed by atoms with Crippen molar-refractivity contribution in [2.45, 2.75) is 31.2 Å². The number of hydrogen-bond acceptors (Lipinski definition) is 6. The van der Waals surface area contributed by atoms with E-state index < -0.39 is 23.2 Å². The molecule has 0 bridgehead atoms. The Morgan fingerprint density at radius 2 is 2.28 bits per heavy atom. The molecule has 18 heavy (non-hydrogen) atoms. The third-order valence-electron chi connectivity index (χ3n) is 2.85. The van der Waals surface area contributed by atoms with Crippen LogP contribution < -0.4 is 11.5 Å². The van der Waals surface area contributed by atoms with Crippen LogP contribution in [-0.2, 0) is 4.74 Å². The summed E-state index contributed by atoms with van der Waals surface area (Å²) in [4.78, 5) is 14.0. The lowest BCUT2D eigenvalue weighted by Gasteiger charge is -2.15. The molecule has 4 N–H and O–H groups in total. The number of halogens is 1. The summed E-state index contributed by atoms with van der Waals surface area (Å²) < 4.78 is 18.6. The molecule has 1 saturated heterocycles. The summed E-state index contributed by atoms with van der Waals surface area (Å²) in [6.07, 6.45) is -0.306. The molecule has 0 amide bonds. The third-order valence-corrected chi connectivity index (χ3v) is 2.85. The highest BCUT2D eigenvalue weighted by atomic mass is 19.1. The minimum Gasteiger partial charge on any atom is -0.399 e. The van der Waals surface area contributed by atoms with Gasteiger partial charge in [0.1, 0.15) is 18.0 Å². The van der Waals surface area contributed by atoms with Crippen molar-refractivity contribution in [3.05, 3.63) is 22.0 Å². The van der Waals surface area contributed by atoms with Crippen LogP contribution >= 0.6 is 0 Å². The summed E-state index contributed by atoms with van der Waals surface area (Å²) in [7, 11) is 1.41. The molecule has 0 radical (unpaired) electrons. The van der Waals surface area contributed by atoms with Crippen LogP contribution in [0.5, 0.6) is 0 Å². The molecular formula is C10H17FN4O3. The molecule has 0 saturated carbocycles. The van der Waals surface area contributed by atoms with Crippen molar-refractivity contribution in [3.63, 3.8) is 0 Å². The number of nitrogens with zero attached hydrogens (tertiary/aromatic N) is 2. The number of rotatable bonds is 3. The Hall–Kier alpha value is -1.54. The Morgan fingerprint density at radius 3 is 2.78 bits per heavy atom. The maximum Gasteiger partial charge on any atom is 0.308 e. The van der Waals surface area contributed by atoms with Crippen LogP contribution in [0.2, 0.25) is 0 Å². The van der Waals surface area contributed by atoms with Crippen LogP contribution in [0, 0.1) is 10.1 Å². The second-order valence-electron chi connectivity index (χ2n) is 4.00. The molecule has 8 heteroatoms. The van der Waals surface area contributed by atoms with Gasteiger partial charge in [-0.2, -0.15) is 0 Å². The van der Waals surface area contributed by atoms with E-state index in [9.17, 15) is 14.5 Å². The molecule has 1 aliphatic rings. The molecule has 1 aliphatic heterocycles. The van der Waals surface area contributed by atoms with Crippen LogP contribution in [-0.4, -0.2) is 42.6 Å². The average Bonchev–Trinajstić information content (AvgIpc) is 2.50. The first-order chi connectivity index (χ1) is 8.51. The van der Waals surface area contributed by atoms with Gasteiger partial charge in [0.2, 0.25) is 0 Å². The van der Waals surface area contributed by atoms with Crippen LogP contribution in [0.1, 0.15) is 12.8 Å². The van der Waals surface area contributed by atoms with E-state index in [1.165, 1.54) is 7.05 Å². The summed E-state index contributed by atoms with van der Waals surface area (Å²) in [5, 5.41) is 10.8. The zero-order chi connectivity index (χ0) is 13.7. The standard InChI is InChI=1S/C10H17FN4O3/c1-14-10(8(4-12)15(16)17)9-3-2-7(13)6(11)5-18-9/h4,6-7,9H,2-3,5,12-13H2,1H3/b8-4+,14-10?/t6-,7-,9?/m1/s1. The Bertz CT molecular complexity index is 360. The molecular weight excluding hydrogens is 243 g/mol. The van der Waals surface area contributed by atoms with Gasteiger partial charge in [-0.25, -0.2) is 4.39 Å². The maximum atomic E-state index is 13.4. The van der Waals surface area contributed by atoms with Crippen molar-refractivity contribution in [1.82, 2.24) is 0 Å². The zero-order valence-corrected chi connectivity index (χ0v) is 10.1. The van der Waals surface area contributed by atoms with Gasteiger partial charge >= 0.3 is 5.70 Å². The Kier molecular flexibility index (Phi) is 5.17. The molecule has 7 nitrogen and oxygen atoms in total. The molecule has 3 atom stereocenters. The van der Waals surface area contributed by atoms with Crippen LogP contribution in [0.15, 0.2) is 16.9 Å². The summed E-state index contributed by atoms with van der Waals surface area (Å²) in [6.45, 7) is -0.194. The Labute approximate surface area is 104 Å². The lowest BCUT2D eigenvalue weighted by molar-refractivity contribution is -0.415. The van der Waals surface area contributed by atoms with E-state index in [4.69, 9.17) is 16.2 Å². The summed E-state index contributed by atoms with van der Waals surface area (Å²) in [5.74, 6) is 0. The average molecular weight is 260 g/mol.